The molecule has 2 aromatic carbocycles. The molecule has 0 unspecified atom stereocenters. The summed E-state index contributed by atoms with van der Waals surface area (Å²) in [6, 6.07) is 19.9. The van der Waals surface area contributed by atoms with E-state index >= 15 is 0 Å². The Morgan fingerprint density at radius 1 is 0.977 bits per heavy atom. The van der Waals surface area contributed by atoms with E-state index in [1.807, 2.05) is 41.2 Å². The Morgan fingerprint density at radius 2 is 1.58 bits per heavy atom. The minimum atomic E-state index is -0.596. The van der Waals surface area contributed by atoms with Crippen molar-refractivity contribution in [1.29, 1.82) is 0 Å². The number of anilines is 4. The van der Waals surface area contributed by atoms with Crippen molar-refractivity contribution in [3.63, 3.8) is 0 Å². The molecule has 224 valence electrons. The maximum atomic E-state index is 13.7. The van der Waals surface area contributed by atoms with Gasteiger partial charge in [0.2, 0.25) is 5.91 Å². The van der Waals surface area contributed by atoms with Gasteiger partial charge < -0.3 is 26.2 Å². The first-order chi connectivity index (χ1) is 20.6. The fraction of sp³-hybridized carbons (Fsp3) is 0.333. The Labute approximate surface area is 252 Å². The summed E-state index contributed by atoms with van der Waals surface area (Å²) in [5, 5.41) is 6.31. The number of hydrogen-bond acceptors (Lipinski definition) is 8. The molecule has 10 heteroatoms. The Balaban J connectivity index is 1.36. The first-order valence-corrected chi connectivity index (χ1v) is 14.5. The number of hydrogen-bond donors (Lipinski definition) is 3. The average molecular weight is 581 g/mol. The molecule has 2 aromatic heterocycles. The number of fused-ring (bicyclic) bond motifs is 1. The van der Waals surface area contributed by atoms with Crippen molar-refractivity contribution in [3.05, 3.63) is 105 Å². The summed E-state index contributed by atoms with van der Waals surface area (Å²) in [5.41, 5.74) is 12.4. The summed E-state index contributed by atoms with van der Waals surface area (Å²) in [7, 11) is 8.07. The molecule has 3 heterocycles. The van der Waals surface area contributed by atoms with Crippen molar-refractivity contribution in [2.45, 2.75) is 38.3 Å². The van der Waals surface area contributed by atoms with Crippen molar-refractivity contribution in [1.82, 2.24) is 19.9 Å². The lowest BCUT2D eigenvalue weighted by atomic mass is 9.90. The van der Waals surface area contributed by atoms with E-state index in [-0.39, 0.29) is 23.2 Å². The number of nitrogens with zero attached hydrogens (tertiary/aromatic N) is 5. The number of nitrogen functional groups attached to an aromatic ring is 1. The van der Waals surface area contributed by atoms with Crippen LogP contribution in [0.25, 0.3) is 0 Å². The summed E-state index contributed by atoms with van der Waals surface area (Å²) in [5.74, 6) is 0.452. The molecule has 43 heavy (non-hydrogen) atoms. The molecule has 0 bridgehead atoms. The van der Waals surface area contributed by atoms with Crippen LogP contribution in [0.15, 0.2) is 71.7 Å². The number of nitrogens with two attached hydrogens (primary N) is 1. The summed E-state index contributed by atoms with van der Waals surface area (Å²) in [6.45, 7) is 2.64. The van der Waals surface area contributed by atoms with Crippen molar-refractivity contribution >= 4 is 28.9 Å². The van der Waals surface area contributed by atoms with Gasteiger partial charge in [-0.05, 0) is 66.8 Å². The van der Waals surface area contributed by atoms with Crippen LogP contribution in [0.3, 0.4) is 0 Å². The van der Waals surface area contributed by atoms with E-state index in [9.17, 15) is 9.59 Å². The highest BCUT2D eigenvalue weighted by atomic mass is 16.2. The predicted molar refractivity (Wildman–Crippen MR) is 173 cm³/mol. The molecular weight excluding hydrogens is 540 g/mol. The lowest BCUT2D eigenvalue weighted by Gasteiger charge is -2.22. The third-order valence-corrected chi connectivity index (χ3v) is 8.13. The zero-order valence-corrected chi connectivity index (χ0v) is 25.5. The van der Waals surface area contributed by atoms with Gasteiger partial charge in [-0.15, -0.1) is 0 Å². The number of amides is 1. The van der Waals surface area contributed by atoms with Crippen molar-refractivity contribution < 1.29 is 4.79 Å². The van der Waals surface area contributed by atoms with Gasteiger partial charge in [-0.3, -0.25) is 14.2 Å². The number of rotatable bonds is 10. The molecule has 0 radical (unpaired) electrons. The van der Waals surface area contributed by atoms with E-state index in [1.54, 1.807) is 16.8 Å². The number of aryl methyl sites for hydroxylation is 2. The highest BCUT2D eigenvalue weighted by Gasteiger charge is 2.31. The summed E-state index contributed by atoms with van der Waals surface area (Å²) in [6.07, 6.45) is 2.87. The van der Waals surface area contributed by atoms with E-state index in [0.29, 0.717) is 31.7 Å². The van der Waals surface area contributed by atoms with E-state index in [2.05, 4.69) is 78.9 Å². The molecule has 1 atom stereocenters. The van der Waals surface area contributed by atoms with E-state index in [0.717, 1.165) is 39.5 Å². The first-order valence-electron chi connectivity index (χ1n) is 14.5. The van der Waals surface area contributed by atoms with Crippen molar-refractivity contribution in [2.24, 2.45) is 0 Å². The zero-order chi connectivity index (χ0) is 30.7. The van der Waals surface area contributed by atoms with Gasteiger partial charge in [0, 0.05) is 76.2 Å². The predicted octanol–water partition coefficient (Wildman–Crippen LogP) is 3.71. The highest BCUT2D eigenvalue weighted by Crippen LogP contribution is 2.29. The van der Waals surface area contributed by atoms with Gasteiger partial charge in [-0.1, -0.05) is 30.3 Å². The zero-order valence-electron chi connectivity index (χ0n) is 25.5. The SMILES string of the molecule is Cc1nc(N)ccc1CNC(=O)[C@@H]1CCc2cnc(NCC(c3ccc(N(C)C)cc3)c3ccc(N(C)C)cc3)c(=O)n21. The third-order valence-electron chi connectivity index (χ3n) is 8.13. The molecule has 1 aliphatic rings. The Kier molecular flexibility index (Phi) is 8.66. The van der Waals surface area contributed by atoms with Crippen LogP contribution in [-0.2, 0) is 17.8 Å². The van der Waals surface area contributed by atoms with E-state index in [1.165, 1.54) is 0 Å². The Morgan fingerprint density at radius 3 is 2.14 bits per heavy atom. The molecule has 0 spiro atoms. The fourth-order valence-corrected chi connectivity index (χ4v) is 5.54. The minimum Gasteiger partial charge on any atom is -0.384 e. The van der Waals surface area contributed by atoms with Gasteiger partial charge in [0.25, 0.3) is 5.56 Å². The van der Waals surface area contributed by atoms with Gasteiger partial charge in [0.15, 0.2) is 5.82 Å². The van der Waals surface area contributed by atoms with Crippen molar-refractivity contribution in [3.8, 4) is 0 Å². The average Bonchev–Trinajstić information content (AvgIpc) is 3.43. The van der Waals surface area contributed by atoms with Gasteiger partial charge >= 0.3 is 0 Å². The molecule has 0 saturated carbocycles. The topological polar surface area (TPSA) is 121 Å². The maximum absolute atomic E-state index is 13.7. The number of nitrogens with one attached hydrogen (secondary N) is 2. The number of pyridine rings is 1. The van der Waals surface area contributed by atoms with Gasteiger partial charge in [0.05, 0.1) is 0 Å². The number of benzene rings is 2. The first kappa shape index (κ1) is 29.6. The van der Waals surface area contributed by atoms with Gasteiger partial charge in [-0.2, -0.15) is 0 Å². The van der Waals surface area contributed by atoms with Crippen LogP contribution < -0.4 is 31.7 Å². The lowest BCUT2D eigenvalue weighted by Crippen LogP contribution is -2.36. The molecule has 1 amide bonds. The van der Waals surface area contributed by atoms with Gasteiger partial charge in [-0.25, -0.2) is 9.97 Å². The lowest BCUT2D eigenvalue weighted by molar-refractivity contribution is -0.124. The monoisotopic (exact) mass is 580 g/mol. The highest BCUT2D eigenvalue weighted by molar-refractivity contribution is 5.81. The largest absolute Gasteiger partial charge is 0.384 e. The second kappa shape index (κ2) is 12.6. The number of aromatic nitrogens is 3. The second-order valence-corrected chi connectivity index (χ2v) is 11.4. The minimum absolute atomic E-state index is 0.0252. The molecule has 0 saturated heterocycles. The molecule has 0 fully saturated rings. The van der Waals surface area contributed by atoms with Crippen LogP contribution in [0, 0.1) is 6.92 Å². The Bertz CT molecular complexity index is 1590. The molecule has 10 nitrogen and oxygen atoms in total. The van der Waals surface area contributed by atoms with Crippen LogP contribution >= 0.6 is 0 Å². The molecule has 4 N–H and O–H groups in total. The van der Waals surface area contributed by atoms with Crippen LogP contribution in [-0.4, -0.2) is 55.2 Å². The van der Waals surface area contributed by atoms with Gasteiger partial charge in [0.1, 0.15) is 11.9 Å². The third kappa shape index (κ3) is 6.48. The standard InChI is InChI=1S/C33H40N8O2/c1-21-24(10-17-30(34)38-21)18-37-32(42)29-16-15-27-19-35-31(33(43)41(27)29)36-20-28(22-6-11-25(12-7-22)39(2)3)23-8-13-26(14-9-23)40(4)5/h6-14,17,19,28-29H,15-16,18,20H2,1-5H3,(H2,34,38)(H,35,36)(H,37,42)/t29-/m0/s1. The summed E-state index contributed by atoms with van der Waals surface area (Å²) in [4.78, 5) is 39.8. The molecule has 0 aliphatic carbocycles. The van der Waals surface area contributed by atoms with E-state index < -0.39 is 6.04 Å². The number of carbonyl (C=O) groups excluding carboxylic acids is 1. The van der Waals surface area contributed by atoms with Crippen LogP contribution in [0.5, 0.6) is 0 Å². The fourth-order valence-electron chi connectivity index (χ4n) is 5.54. The smallest absolute Gasteiger partial charge is 0.294 e. The van der Waals surface area contributed by atoms with Crippen LogP contribution in [0.2, 0.25) is 0 Å². The molecule has 5 rings (SSSR count). The maximum Gasteiger partial charge on any atom is 0.294 e. The molecule has 1 aliphatic heterocycles. The number of carbonyl (C=O) groups is 1. The summed E-state index contributed by atoms with van der Waals surface area (Å²) >= 11 is 0. The normalized spacial score (nSPS) is 14.0. The van der Waals surface area contributed by atoms with Crippen LogP contribution in [0.1, 0.15) is 46.5 Å². The van der Waals surface area contributed by atoms with Crippen LogP contribution in [0.4, 0.5) is 23.0 Å². The molecular formula is C33H40N8O2. The van der Waals surface area contributed by atoms with Crippen molar-refractivity contribution in [2.75, 3.05) is 55.6 Å². The Hall–Kier alpha value is -4.86. The summed E-state index contributed by atoms with van der Waals surface area (Å²) < 4.78 is 1.59. The molecule has 4 aromatic rings. The quantitative estimate of drug-likeness (QED) is 0.260. The second-order valence-electron chi connectivity index (χ2n) is 11.4. The van der Waals surface area contributed by atoms with E-state index in [4.69, 9.17) is 5.73 Å².